The van der Waals surface area contributed by atoms with Crippen LogP contribution in [0.5, 0.6) is 0 Å². The number of esters is 1. The van der Waals surface area contributed by atoms with Crippen molar-refractivity contribution < 1.29 is 67.5 Å². The van der Waals surface area contributed by atoms with Crippen LogP contribution in [0.2, 0.25) is 0 Å². The summed E-state index contributed by atoms with van der Waals surface area (Å²) in [5, 5.41) is 37.9. The number of hydrogen-bond donors (Lipinski definition) is 4. The first-order chi connectivity index (χ1) is 41.3. The van der Waals surface area contributed by atoms with Crippen LogP contribution in [0.4, 0.5) is 0 Å². The van der Waals surface area contributed by atoms with E-state index in [1.54, 1.807) is 40.2 Å². The molecule has 0 amide bonds. The highest BCUT2D eigenvalue weighted by Crippen LogP contribution is 2.47. The topological polar surface area (TPSA) is 182 Å². The monoisotopic (exact) mass is 1220 g/mol. The Morgan fingerprint density at radius 2 is 1.37 bits per heavy atom. The van der Waals surface area contributed by atoms with Gasteiger partial charge < -0.3 is 68.0 Å². The van der Waals surface area contributed by atoms with Gasteiger partial charge in [0.25, 0.3) is 0 Å². The molecular weight excluding hydrogens is 1130 g/mol. The van der Waals surface area contributed by atoms with Crippen molar-refractivity contribution in [2.45, 2.75) is 216 Å². The van der Waals surface area contributed by atoms with E-state index >= 15 is 0 Å². The molecule has 4 saturated heterocycles. The molecule has 2 bridgehead atoms. The van der Waals surface area contributed by atoms with Crippen molar-refractivity contribution in [3.8, 4) is 0 Å². The molecule has 0 radical (unpaired) electrons. The number of nitrogens with one attached hydrogen (secondary N) is 1. The maximum Gasteiger partial charge on any atom is 0.316 e. The number of ether oxygens (including phenoxy) is 10. The Labute approximate surface area is 523 Å². The summed E-state index contributed by atoms with van der Waals surface area (Å²) in [6, 6.07) is 32.6. The van der Waals surface area contributed by atoms with Gasteiger partial charge in [-0.2, -0.15) is 0 Å². The second-order valence-corrected chi connectivity index (χ2v) is 25.2. The van der Waals surface area contributed by atoms with Gasteiger partial charge in [0.2, 0.25) is 0 Å². The highest BCUT2D eigenvalue weighted by Gasteiger charge is 2.60. The second kappa shape index (κ2) is 31.1. The lowest BCUT2D eigenvalue weighted by atomic mass is 9.71. The molecule has 15 nitrogen and oxygen atoms in total. The van der Waals surface area contributed by atoms with Crippen LogP contribution in [-0.4, -0.2) is 146 Å². The molecule has 4 N–H and O–H groups in total. The summed E-state index contributed by atoms with van der Waals surface area (Å²) in [6.07, 6.45) is 9.64. The smallest absolute Gasteiger partial charge is 0.316 e. The van der Waals surface area contributed by atoms with Crippen molar-refractivity contribution >= 4 is 18.4 Å². The van der Waals surface area contributed by atoms with Crippen LogP contribution in [0.15, 0.2) is 150 Å². The van der Waals surface area contributed by atoms with Crippen LogP contribution in [-0.2, 0) is 52.2 Å². The Balaban J connectivity index is 0.000000327. The zero-order valence-corrected chi connectivity index (χ0v) is 53.7. The summed E-state index contributed by atoms with van der Waals surface area (Å²) in [5.41, 5.74) is 4.25. The molecule has 6 heterocycles. The van der Waals surface area contributed by atoms with Gasteiger partial charge in [0.05, 0.1) is 49.3 Å². The van der Waals surface area contributed by atoms with Gasteiger partial charge in [-0.1, -0.05) is 162 Å². The molecule has 1 aliphatic carbocycles. The Kier molecular flexibility index (Phi) is 24.5. The summed E-state index contributed by atoms with van der Waals surface area (Å²) in [7, 11) is 3.22. The molecule has 0 aromatic heterocycles. The summed E-state index contributed by atoms with van der Waals surface area (Å²) < 4.78 is 63.7. The first-order valence-electron chi connectivity index (χ1n) is 31.6. The molecular formula is C71H98ClNO14. The fourth-order valence-electron chi connectivity index (χ4n) is 13.8. The molecule has 6 aliphatic heterocycles. The SMILES string of the molecule is CC(NCCC(c1ccccc1)c1ccccc1)c1ccccc1.CCC(C)C1OC2(C=CC1C)CC1CC(CC=C(C)C(OC3CC(OC)C(OC4CC(OC)C(O)C(C)O4)C(C)O3)C(C)C=CC=C3COC4C(O)C(C)=CC(C(=O)O1)C34O)O2.Cl. The standard InChI is InChI=1S/C48H72O14.C23H25N.ClH/c1-11-25(2)43-28(5)17-18-47(62-43)23-34-20-33(61-47)16-15-27(4)42(26(3)13-12-14-32-24-55-45-40(49)29(6)19-35(46(51)58-34)48(32,45)52)59-39-22-37(54-10)44(31(8)57-39)60-38-21-36(53-9)41(50)30(7)56-38;1-19(20-11-5-2-6-12-20)24-18-17-23(21-13-7-3-8-14-21)22-15-9-4-10-16-22;/h12-15,17-19,25-26,28,30-31,33-45,49-50,52H,11,16,20-24H2,1-10H3;2-16,19,23-24H,17-18H2,1H3;1H. The third kappa shape index (κ3) is 16.2. The Hall–Kier alpha value is -4.40. The Morgan fingerprint density at radius 3 is 2.01 bits per heavy atom. The third-order valence-electron chi connectivity index (χ3n) is 19.1. The van der Waals surface area contributed by atoms with Crippen molar-refractivity contribution in [3.05, 3.63) is 167 Å². The number of halogens is 1. The lowest BCUT2D eigenvalue weighted by Gasteiger charge is -2.48. The number of benzene rings is 3. The predicted octanol–water partition coefficient (Wildman–Crippen LogP) is 11.4. The van der Waals surface area contributed by atoms with Crippen molar-refractivity contribution in [1.82, 2.24) is 5.32 Å². The molecule has 1 spiro atoms. The van der Waals surface area contributed by atoms with Gasteiger partial charge in [-0.3, -0.25) is 4.79 Å². The molecule has 478 valence electrons. The minimum atomic E-state index is -1.84. The number of fused-ring (bicyclic) bond motifs is 2. The van der Waals surface area contributed by atoms with Gasteiger partial charge in [0, 0.05) is 63.7 Å². The predicted molar refractivity (Wildman–Crippen MR) is 337 cm³/mol. The average molecular weight is 1230 g/mol. The van der Waals surface area contributed by atoms with Gasteiger partial charge in [0.15, 0.2) is 18.4 Å². The molecule has 7 aliphatic rings. The van der Waals surface area contributed by atoms with Crippen molar-refractivity contribution in [1.29, 1.82) is 0 Å². The molecule has 10 rings (SSSR count). The lowest BCUT2D eigenvalue weighted by Crippen LogP contribution is -2.58. The van der Waals surface area contributed by atoms with Crippen LogP contribution in [0.1, 0.15) is 136 Å². The highest BCUT2D eigenvalue weighted by atomic mass is 35.5. The van der Waals surface area contributed by atoms with Gasteiger partial charge in [-0.05, 0) is 99.4 Å². The largest absolute Gasteiger partial charge is 0.462 e. The van der Waals surface area contributed by atoms with Gasteiger partial charge in [-0.15, -0.1) is 12.4 Å². The van der Waals surface area contributed by atoms with Gasteiger partial charge >= 0.3 is 5.97 Å². The van der Waals surface area contributed by atoms with E-state index in [1.807, 2.05) is 32.1 Å². The minimum absolute atomic E-state index is 0. The minimum Gasteiger partial charge on any atom is -0.462 e. The maximum absolute atomic E-state index is 14.3. The molecule has 3 aromatic rings. The third-order valence-corrected chi connectivity index (χ3v) is 19.1. The summed E-state index contributed by atoms with van der Waals surface area (Å²) in [6.45, 7) is 19.3. The van der Waals surface area contributed by atoms with Gasteiger partial charge in [-0.25, -0.2) is 0 Å². The summed E-state index contributed by atoms with van der Waals surface area (Å²) in [4.78, 5) is 14.3. The van der Waals surface area contributed by atoms with E-state index in [0.29, 0.717) is 55.2 Å². The van der Waals surface area contributed by atoms with Crippen LogP contribution < -0.4 is 5.32 Å². The number of allylic oxidation sites excluding steroid dienone is 2. The fraction of sp³-hybridized carbons (Fsp3) is 0.592. The van der Waals surface area contributed by atoms with Crippen LogP contribution in [0.3, 0.4) is 0 Å². The zero-order chi connectivity index (χ0) is 61.3. The molecule has 16 heteroatoms. The van der Waals surface area contributed by atoms with Crippen molar-refractivity contribution in [2.24, 2.45) is 23.7 Å². The normalized spacial score (nSPS) is 36.8. The quantitative estimate of drug-likeness (QED) is 0.0832. The van der Waals surface area contributed by atoms with Crippen LogP contribution >= 0.6 is 12.4 Å². The van der Waals surface area contributed by atoms with E-state index in [4.69, 9.17) is 47.4 Å². The van der Waals surface area contributed by atoms with E-state index < -0.39 is 90.8 Å². The highest BCUT2D eigenvalue weighted by molar-refractivity contribution is 5.85. The molecule has 87 heavy (non-hydrogen) atoms. The summed E-state index contributed by atoms with van der Waals surface area (Å²) in [5.74, 6) is -2.13. The number of carbonyl (C=O) groups excluding carboxylic acids is 1. The average Bonchev–Trinajstić information content (AvgIpc) is 1.75. The number of aliphatic hydroxyl groups is 3. The number of carbonyl (C=O) groups is 1. The van der Waals surface area contributed by atoms with E-state index in [0.717, 1.165) is 25.0 Å². The number of rotatable bonds is 15. The van der Waals surface area contributed by atoms with Crippen LogP contribution in [0.25, 0.3) is 0 Å². The van der Waals surface area contributed by atoms with E-state index in [1.165, 1.54) is 16.7 Å². The Morgan fingerprint density at radius 1 is 0.747 bits per heavy atom. The van der Waals surface area contributed by atoms with E-state index in [-0.39, 0.29) is 55.1 Å². The molecule has 4 fully saturated rings. The summed E-state index contributed by atoms with van der Waals surface area (Å²) >= 11 is 0. The number of aliphatic hydroxyl groups excluding tert-OH is 2. The Bertz CT molecular complexity index is 2760. The second-order valence-electron chi connectivity index (χ2n) is 25.2. The number of hydrogen-bond acceptors (Lipinski definition) is 15. The maximum atomic E-state index is 14.3. The molecule has 21 atom stereocenters. The zero-order valence-electron chi connectivity index (χ0n) is 52.9. The number of methoxy groups -OCH3 is 2. The first-order valence-corrected chi connectivity index (χ1v) is 31.6. The fourth-order valence-corrected chi connectivity index (χ4v) is 13.8. The molecule has 3 aromatic carbocycles. The van der Waals surface area contributed by atoms with Crippen molar-refractivity contribution in [2.75, 3.05) is 27.4 Å². The lowest BCUT2D eigenvalue weighted by molar-refractivity contribution is -0.318. The first kappa shape index (κ1) is 68.5. The molecule has 0 saturated carbocycles. The van der Waals surface area contributed by atoms with Gasteiger partial charge in [0.1, 0.15) is 42.0 Å². The van der Waals surface area contributed by atoms with E-state index in [2.05, 4.69) is 143 Å². The van der Waals surface area contributed by atoms with Crippen molar-refractivity contribution in [3.63, 3.8) is 0 Å². The molecule has 21 unspecified atom stereocenters. The van der Waals surface area contributed by atoms with E-state index in [9.17, 15) is 20.1 Å². The van der Waals surface area contributed by atoms with Crippen LogP contribution in [0, 0.1) is 23.7 Å².